The molecule has 5 heteroatoms. The minimum atomic E-state index is -0.477. The Morgan fingerprint density at radius 3 is 2.87 bits per heavy atom. The molecule has 0 aliphatic carbocycles. The predicted molar refractivity (Wildman–Crippen MR) is 84.8 cm³/mol. The van der Waals surface area contributed by atoms with E-state index in [9.17, 15) is 4.79 Å². The number of benzene rings is 2. The molecule has 0 saturated carbocycles. The van der Waals surface area contributed by atoms with Crippen LogP contribution in [0.4, 0.5) is 0 Å². The van der Waals surface area contributed by atoms with Gasteiger partial charge in [0.15, 0.2) is 11.5 Å². The summed E-state index contributed by atoms with van der Waals surface area (Å²) in [7, 11) is 0. The van der Waals surface area contributed by atoms with Gasteiger partial charge in [-0.05, 0) is 31.2 Å². The first-order valence-electron chi connectivity index (χ1n) is 7.27. The summed E-state index contributed by atoms with van der Waals surface area (Å²) in [6.07, 6.45) is 3.03. The van der Waals surface area contributed by atoms with Gasteiger partial charge in [-0.25, -0.2) is 4.79 Å². The SMILES string of the molecule is CCOc1ccccc1/C=C/C(=O)Oc1ccc2c(c1)OCO2. The highest BCUT2D eigenvalue weighted by Crippen LogP contribution is 2.35. The standard InChI is InChI=1S/C18H16O5/c1-2-20-15-6-4-3-5-13(15)7-10-18(19)23-14-8-9-16-17(11-14)22-12-21-16/h3-11H,2,12H2,1H3/b10-7+. The van der Waals surface area contributed by atoms with Crippen LogP contribution in [-0.2, 0) is 4.79 Å². The Labute approximate surface area is 134 Å². The third-order valence-corrected chi connectivity index (χ3v) is 3.18. The van der Waals surface area contributed by atoms with E-state index in [4.69, 9.17) is 18.9 Å². The quantitative estimate of drug-likeness (QED) is 0.481. The van der Waals surface area contributed by atoms with E-state index in [0.717, 1.165) is 11.3 Å². The Hall–Kier alpha value is -2.95. The molecule has 2 aromatic carbocycles. The third-order valence-electron chi connectivity index (χ3n) is 3.18. The molecule has 0 spiro atoms. The maximum Gasteiger partial charge on any atom is 0.336 e. The molecule has 3 rings (SSSR count). The van der Waals surface area contributed by atoms with E-state index in [0.29, 0.717) is 23.9 Å². The summed E-state index contributed by atoms with van der Waals surface area (Å²) in [4.78, 5) is 11.9. The smallest absolute Gasteiger partial charge is 0.336 e. The number of carbonyl (C=O) groups excluding carboxylic acids is 1. The first-order chi connectivity index (χ1) is 11.3. The van der Waals surface area contributed by atoms with E-state index in [1.165, 1.54) is 6.08 Å². The zero-order chi connectivity index (χ0) is 16.1. The highest BCUT2D eigenvalue weighted by molar-refractivity contribution is 5.89. The van der Waals surface area contributed by atoms with Gasteiger partial charge < -0.3 is 18.9 Å². The minimum Gasteiger partial charge on any atom is -0.493 e. The van der Waals surface area contributed by atoms with Crippen molar-refractivity contribution < 1.29 is 23.7 Å². The Balaban J connectivity index is 1.67. The second-order valence-corrected chi connectivity index (χ2v) is 4.74. The van der Waals surface area contributed by atoms with Crippen LogP contribution in [0.15, 0.2) is 48.5 Å². The minimum absolute atomic E-state index is 0.181. The first-order valence-corrected chi connectivity index (χ1v) is 7.27. The molecule has 0 N–H and O–H groups in total. The molecule has 2 aromatic rings. The molecule has 5 nitrogen and oxygen atoms in total. The van der Waals surface area contributed by atoms with Crippen LogP contribution in [0.25, 0.3) is 6.08 Å². The van der Waals surface area contributed by atoms with Gasteiger partial charge in [0.1, 0.15) is 11.5 Å². The van der Waals surface area contributed by atoms with Gasteiger partial charge in [-0.15, -0.1) is 0 Å². The normalized spacial score (nSPS) is 12.4. The van der Waals surface area contributed by atoms with Crippen LogP contribution in [-0.4, -0.2) is 19.4 Å². The Bertz CT molecular complexity index is 736. The maximum atomic E-state index is 11.9. The zero-order valence-electron chi connectivity index (χ0n) is 12.7. The number of rotatable bonds is 5. The van der Waals surface area contributed by atoms with E-state index in [-0.39, 0.29) is 6.79 Å². The summed E-state index contributed by atoms with van der Waals surface area (Å²) in [5, 5.41) is 0. The van der Waals surface area contributed by atoms with Gasteiger partial charge in [-0.2, -0.15) is 0 Å². The molecule has 0 radical (unpaired) electrons. The van der Waals surface area contributed by atoms with Gasteiger partial charge in [0.05, 0.1) is 6.61 Å². The molecule has 0 atom stereocenters. The van der Waals surface area contributed by atoms with Crippen molar-refractivity contribution in [3.05, 3.63) is 54.1 Å². The van der Waals surface area contributed by atoms with E-state index in [1.54, 1.807) is 24.3 Å². The summed E-state index contributed by atoms with van der Waals surface area (Å²) in [6.45, 7) is 2.65. The molecular weight excluding hydrogens is 296 g/mol. The molecule has 1 aliphatic heterocycles. The second kappa shape index (κ2) is 6.87. The molecule has 23 heavy (non-hydrogen) atoms. The van der Waals surface area contributed by atoms with E-state index < -0.39 is 5.97 Å². The van der Waals surface area contributed by atoms with Crippen LogP contribution in [0.3, 0.4) is 0 Å². The fourth-order valence-corrected chi connectivity index (χ4v) is 2.15. The van der Waals surface area contributed by atoms with Crippen LogP contribution in [0.5, 0.6) is 23.0 Å². The maximum absolute atomic E-state index is 11.9. The molecule has 1 heterocycles. The summed E-state index contributed by atoms with van der Waals surface area (Å²) in [5.74, 6) is 1.87. The summed E-state index contributed by atoms with van der Waals surface area (Å²) < 4.78 is 21.2. The summed E-state index contributed by atoms with van der Waals surface area (Å²) >= 11 is 0. The largest absolute Gasteiger partial charge is 0.493 e. The number of carbonyl (C=O) groups is 1. The van der Waals surface area contributed by atoms with E-state index in [2.05, 4.69) is 0 Å². The molecule has 118 valence electrons. The number of ether oxygens (including phenoxy) is 4. The molecule has 0 fully saturated rings. The average Bonchev–Trinajstić information content (AvgIpc) is 3.02. The zero-order valence-corrected chi connectivity index (χ0v) is 12.7. The van der Waals surface area contributed by atoms with Gasteiger partial charge in [0.2, 0.25) is 6.79 Å². The lowest BCUT2D eigenvalue weighted by Crippen LogP contribution is -2.03. The van der Waals surface area contributed by atoms with Gasteiger partial charge in [-0.1, -0.05) is 18.2 Å². The lowest BCUT2D eigenvalue weighted by Gasteiger charge is -2.06. The van der Waals surface area contributed by atoms with Crippen molar-refractivity contribution in [1.82, 2.24) is 0 Å². The number of para-hydroxylation sites is 1. The highest BCUT2D eigenvalue weighted by Gasteiger charge is 2.14. The van der Waals surface area contributed by atoms with Crippen molar-refractivity contribution in [2.24, 2.45) is 0 Å². The van der Waals surface area contributed by atoms with Crippen molar-refractivity contribution in [3.8, 4) is 23.0 Å². The summed E-state index contributed by atoms with van der Waals surface area (Å²) in [5.41, 5.74) is 0.817. The number of hydrogen-bond donors (Lipinski definition) is 0. The molecule has 0 saturated heterocycles. The van der Waals surface area contributed by atoms with E-state index >= 15 is 0 Å². The number of fused-ring (bicyclic) bond motifs is 1. The predicted octanol–water partition coefficient (Wildman–Crippen LogP) is 3.43. The monoisotopic (exact) mass is 312 g/mol. The van der Waals surface area contributed by atoms with Crippen molar-refractivity contribution in [1.29, 1.82) is 0 Å². The van der Waals surface area contributed by atoms with Crippen LogP contribution < -0.4 is 18.9 Å². The van der Waals surface area contributed by atoms with Crippen molar-refractivity contribution >= 4 is 12.0 Å². The molecule has 0 unspecified atom stereocenters. The summed E-state index contributed by atoms with van der Waals surface area (Å²) in [6, 6.07) is 12.5. The number of esters is 1. The fraction of sp³-hybridized carbons (Fsp3) is 0.167. The first kappa shape index (κ1) is 15.0. The second-order valence-electron chi connectivity index (χ2n) is 4.74. The van der Waals surface area contributed by atoms with Gasteiger partial charge in [0, 0.05) is 17.7 Å². The van der Waals surface area contributed by atoms with Gasteiger partial charge >= 0.3 is 5.97 Å². The van der Waals surface area contributed by atoms with Gasteiger partial charge in [-0.3, -0.25) is 0 Å². The highest BCUT2D eigenvalue weighted by atomic mass is 16.7. The fourth-order valence-electron chi connectivity index (χ4n) is 2.15. The molecule has 0 amide bonds. The molecule has 1 aliphatic rings. The Morgan fingerprint density at radius 1 is 1.17 bits per heavy atom. The Morgan fingerprint density at radius 2 is 2.00 bits per heavy atom. The van der Waals surface area contributed by atoms with Crippen molar-refractivity contribution in [2.45, 2.75) is 6.92 Å². The lowest BCUT2D eigenvalue weighted by molar-refractivity contribution is -0.128. The average molecular weight is 312 g/mol. The van der Waals surface area contributed by atoms with Crippen LogP contribution in [0.2, 0.25) is 0 Å². The Kier molecular flexibility index (Phi) is 4.47. The van der Waals surface area contributed by atoms with Crippen molar-refractivity contribution in [3.63, 3.8) is 0 Å². The third kappa shape index (κ3) is 3.63. The van der Waals surface area contributed by atoms with Gasteiger partial charge in [0.25, 0.3) is 0 Å². The van der Waals surface area contributed by atoms with Crippen LogP contribution in [0.1, 0.15) is 12.5 Å². The topological polar surface area (TPSA) is 54.0 Å². The lowest BCUT2D eigenvalue weighted by atomic mass is 10.2. The van der Waals surface area contributed by atoms with Crippen molar-refractivity contribution in [2.75, 3.05) is 13.4 Å². The molecular formula is C18H16O5. The molecule has 0 bridgehead atoms. The number of hydrogen-bond acceptors (Lipinski definition) is 5. The van der Waals surface area contributed by atoms with Crippen LogP contribution >= 0.6 is 0 Å². The van der Waals surface area contributed by atoms with Crippen LogP contribution in [0, 0.1) is 0 Å². The van der Waals surface area contributed by atoms with E-state index in [1.807, 2.05) is 31.2 Å². The molecule has 0 aromatic heterocycles.